The summed E-state index contributed by atoms with van der Waals surface area (Å²) in [7, 11) is 0. The van der Waals surface area contributed by atoms with Crippen molar-refractivity contribution in [3.05, 3.63) is 82.3 Å². The topological polar surface area (TPSA) is 107 Å². The van der Waals surface area contributed by atoms with Crippen LogP contribution in [0, 0.1) is 0 Å². The molecule has 0 saturated carbocycles. The molecule has 0 radical (unpaired) electrons. The molecule has 0 spiro atoms. The number of para-hydroxylation sites is 1. The van der Waals surface area contributed by atoms with E-state index in [1.165, 1.54) is 24.4 Å². The summed E-state index contributed by atoms with van der Waals surface area (Å²) in [6.45, 7) is 0. The molecule has 0 aliphatic carbocycles. The van der Waals surface area contributed by atoms with Gasteiger partial charge in [-0.3, -0.25) is 4.79 Å². The smallest absolute Gasteiger partial charge is 0.275 e. The number of azo groups is 1. The van der Waals surface area contributed by atoms with Gasteiger partial charge in [0.1, 0.15) is 11.5 Å². The van der Waals surface area contributed by atoms with Crippen molar-refractivity contribution in [1.29, 1.82) is 0 Å². The Morgan fingerprint density at radius 3 is 2.39 bits per heavy atom. The Labute approximate surface area is 169 Å². The van der Waals surface area contributed by atoms with Crippen LogP contribution >= 0.6 is 15.9 Å². The van der Waals surface area contributed by atoms with Crippen LogP contribution in [0.3, 0.4) is 0 Å². The summed E-state index contributed by atoms with van der Waals surface area (Å²) in [6.07, 6.45) is 1.28. The van der Waals surface area contributed by atoms with Gasteiger partial charge in [0.2, 0.25) is 0 Å². The van der Waals surface area contributed by atoms with Crippen molar-refractivity contribution in [3.63, 3.8) is 0 Å². The van der Waals surface area contributed by atoms with E-state index >= 15 is 0 Å². The molecule has 140 valence electrons. The number of aromatic hydroxyl groups is 2. The number of benzene rings is 3. The molecule has 7 nitrogen and oxygen atoms in total. The molecule has 28 heavy (non-hydrogen) atoms. The number of carbonyl (C=O) groups excluding carboxylic acids is 1. The molecular formula is C20H15BrN4O3. The Kier molecular flexibility index (Phi) is 6.13. The molecule has 0 atom stereocenters. The van der Waals surface area contributed by atoms with Gasteiger partial charge < -0.3 is 10.2 Å². The maximum absolute atomic E-state index is 12.0. The molecule has 3 rings (SSSR count). The number of carbonyl (C=O) groups is 1. The first-order valence-corrected chi connectivity index (χ1v) is 8.94. The molecule has 0 heterocycles. The number of nitrogens with zero attached hydrogens (tertiary/aromatic N) is 3. The minimum absolute atomic E-state index is 0.0260. The number of rotatable bonds is 5. The number of phenolic OH excluding ortho intramolecular Hbond substituents is 2. The summed E-state index contributed by atoms with van der Waals surface area (Å²) in [5.41, 5.74) is 3.93. The normalized spacial score (nSPS) is 11.2. The number of hydrogen-bond acceptors (Lipinski definition) is 6. The first kappa shape index (κ1) is 19.2. The highest BCUT2D eigenvalue weighted by molar-refractivity contribution is 9.10. The van der Waals surface area contributed by atoms with Crippen LogP contribution in [0.2, 0.25) is 0 Å². The Hall–Kier alpha value is -3.52. The zero-order chi connectivity index (χ0) is 19.9. The van der Waals surface area contributed by atoms with Gasteiger partial charge in [0.25, 0.3) is 5.91 Å². The quantitative estimate of drug-likeness (QED) is 0.295. The lowest BCUT2D eigenvalue weighted by Gasteiger charge is -2.03. The minimum atomic E-state index is -0.570. The van der Waals surface area contributed by atoms with Gasteiger partial charge in [-0.1, -0.05) is 34.1 Å². The van der Waals surface area contributed by atoms with Crippen molar-refractivity contribution in [2.75, 3.05) is 0 Å². The van der Waals surface area contributed by atoms with Gasteiger partial charge in [-0.2, -0.15) is 15.3 Å². The third-order valence-electron chi connectivity index (χ3n) is 3.62. The molecule has 0 aliphatic rings. The van der Waals surface area contributed by atoms with Crippen molar-refractivity contribution >= 4 is 39.4 Å². The molecule has 3 aromatic rings. The Balaban J connectivity index is 1.72. The Bertz CT molecular complexity index is 1070. The van der Waals surface area contributed by atoms with E-state index in [1.54, 1.807) is 24.3 Å². The largest absolute Gasteiger partial charge is 0.507 e. The van der Waals surface area contributed by atoms with E-state index in [2.05, 4.69) is 36.7 Å². The van der Waals surface area contributed by atoms with Gasteiger partial charge in [-0.25, -0.2) is 5.43 Å². The van der Waals surface area contributed by atoms with Crippen molar-refractivity contribution in [2.24, 2.45) is 15.3 Å². The van der Waals surface area contributed by atoms with Crippen LogP contribution in [0.15, 0.2) is 86.5 Å². The Morgan fingerprint density at radius 2 is 1.64 bits per heavy atom. The fraction of sp³-hybridized carbons (Fsp3) is 0. The zero-order valence-electron chi connectivity index (χ0n) is 14.5. The molecule has 0 aromatic heterocycles. The summed E-state index contributed by atoms with van der Waals surface area (Å²) in [6, 6.07) is 18.1. The lowest BCUT2D eigenvalue weighted by molar-refractivity contribution is 0.0952. The maximum Gasteiger partial charge on any atom is 0.275 e. The average molecular weight is 439 g/mol. The van der Waals surface area contributed by atoms with E-state index in [9.17, 15) is 15.0 Å². The highest BCUT2D eigenvalue weighted by Crippen LogP contribution is 2.25. The van der Waals surface area contributed by atoms with Gasteiger partial charge in [-0.05, 0) is 48.5 Å². The third kappa shape index (κ3) is 5.01. The maximum atomic E-state index is 12.0. The fourth-order valence-corrected chi connectivity index (χ4v) is 2.63. The van der Waals surface area contributed by atoms with Crippen LogP contribution in [0.25, 0.3) is 0 Å². The number of amides is 1. The van der Waals surface area contributed by atoms with Gasteiger partial charge in [0.05, 0.1) is 23.2 Å². The van der Waals surface area contributed by atoms with Gasteiger partial charge >= 0.3 is 0 Å². The van der Waals surface area contributed by atoms with Crippen molar-refractivity contribution < 1.29 is 15.0 Å². The predicted molar refractivity (Wildman–Crippen MR) is 110 cm³/mol. The molecule has 0 fully saturated rings. The van der Waals surface area contributed by atoms with E-state index in [0.29, 0.717) is 16.9 Å². The summed E-state index contributed by atoms with van der Waals surface area (Å²) in [5, 5.41) is 31.7. The Morgan fingerprint density at radius 1 is 0.893 bits per heavy atom. The molecule has 0 aliphatic heterocycles. The zero-order valence-corrected chi connectivity index (χ0v) is 16.0. The predicted octanol–water partition coefficient (Wildman–Crippen LogP) is 5.04. The minimum Gasteiger partial charge on any atom is -0.507 e. The summed E-state index contributed by atoms with van der Waals surface area (Å²) >= 11 is 3.37. The van der Waals surface area contributed by atoms with Gasteiger partial charge in [-0.15, -0.1) is 0 Å². The molecule has 0 saturated heterocycles. The second-order valence-electron chi connectivity index (χ2n) is 5.64. The third-order valence-corrected chi connectivity index (χ3v) is 4.11. The first-order chi connectivity index (χ1) is 13.5. The van der Waals surface area contributed by atoms with Crippen LogP contribution in [0.1, 0.15) is 15.9 Å². The molecule has 0 bridgehead atoms. The van der Waals surface area contributed by atoms with Crippen LogP contribution in [0.4, 0.5) is 11.4 Å². The van der Waals surface area contributed by atoms with E-state index in [1.807, 2.05) is 24.3 Å². The molecular weight excluding hydrogens is 424 g/mol. The molecule has 3 aromatic carbocycles. The van der Waals surface area contributed by atoms with Crippen LogP contribution in [-0.4, -0.2) is 22.3 Å². The number of hydrogen-bond donors (Lipinski definition) is 3. The summed E-state index contributed by atoms with van der Waals surface area (Å²) in [4.78, 5) is 12.0. The van der Waals surface area contributed by atoms with Crippen molar-refractivity contribution in [2.45, 2.75) is 0 Å². The standard InChI is InChI=1S/C20H15BrN4O3/c21-14-4-3-5-15(11-14)23-24-16-8-9-18(26)13(10-16)12-22-25-20(28)17-6-1-2-7-19(17)27/h1-12,26-27H,(H,25,28)/b22-12-,24-23?. The highest BCUT2D eigenvalue weighted by Gasteiger charge is 2.08. The fourth-order valence-electron chi connectivity index (χ4n) is 2.25. The van der Waals surface area contributed by atoms with Crippen LogP contribution < -0.4 is 5.43 Å². The lowest BCUT2D eigenvalue weighted by Crippen LogP contribution is -2.17. The molecule has 8 heteroatoms. The van der Waals surface area contributed by atoms with Crippen molar-refractivity contribution in [3.8, 4) is 11.5 Å². The van der Waals surface area contributed by atoms with Gasteiger partial charge in [0.15, 0.2) is 0 Å². The van der Waals surface area contributed by atoms with E-state index in [0.717, 1.165) is 4.47 Å². The number of phenols is 2. The van der Waals surface area contributed by atoms with Crippen LogP contribution in [0.5, 0.6) is 11.5 Å². The monoisotopic (exact) mass is 438 g/mol. The second kappa shape index (κ2) is 8.92. The molecule has 3 N–H and O–H groups in total. The SMILES string of the molecule is O=C(N/N=C\c1cc(N=Nc2cccc(Br)c2)ccc1O)c1ccccc1O. The second-order valence-corrected chi connectivity index (χ2v) is 6.55. The lowest BCUT2D eigenvalue weighted by atomic mass is 10.2. The van der Waals surface area contributed by atoms with E-state index in [4.69, 9.17) is 0 Å². The summed E-state index contributed by atoms with van der Waals surface area (Å²) in [5.74, 6) is -0.741. The average Bonchev–Trinajstić information content (AvgIpc) is 2.68. The van der Waals surface area contributed by atoms with E-state index in [-0.39, 0.29) is 17.1 Å². The molecule has 0 unspecified atom stereocenters. The highest BCUT2D eigenvalue weighted by atomic mass is 79.9. The number of hydrazone groups is 1. The van der Waals surface area contributed by atoms with Crippen molar-refractivity contribution in [1.82, 2.24) is 5.43 Å². The van der Waals surface area contributed by atoms with Gasteiger partial charge in [0, 0.05) is 10.0 Å². The summed E-state index contributed by atoms with van der Waals surface area (Å²) < 4.78 is 0.891. The molecule has 1 amide bonds. The van der Waals surface area contributed by atoms with E-state index < -0.39 is 5.91 Å². The van der Waals surface area contributed by atoms with Crippen LogP contribution in [-0.2, 0) is 0 Å². The first-order valence-electron chi connectivity index (χ1n) is 8.14. The number of nitrogens with one attached hydrogen (secondary N) is 1. The number of halogens is 1.